The summed E-state index contributed by atoms with van der Waals surface area (Å²) in [6.45, 7) is -0.368. The van der Waals surface area contributed by atoms with Crippen LogP contribution >= 0.6 is 0 Å². The molecule has 5 rings (SSSR count). The summed E-state index contributed by atoms with van der Waals surface area (Å²) in [5, 5.41) is 15.3. The number of hydrogen-bond acceptors (Lipinski definition) is 7. The number of carbonyl (C=O) groups is 5. The highest BCUT2D eigenvalue weighted by molar-refractivity contribution is 5.97. The van der Waals surface area contributed by atoms with E-state index in [9.17, 15) is 28.4 Å². The standard InChI is InChI=1S/C36H41FN10O5/c37-25-11-8-21(9-12-25)15-29-34(51)45-27(6-3-13-41-36(38)39)33(50)47-30(17-26-18-40-20-43-26)35(52)46-28(32(49)42-19-31(48)44-29)16-22-7-10-23-4-1-2-5-24(23)14-22/h1-2,4-5,7-12,14,18,20,27-30H,3,6,13,15-17,19H2,(H,40,43)(H,42,49)(H,44,48)(H,45,51)(H,46,52)(H,47,50)(H4,38,39,41)/t27-,28-,29+,30-/m0/s1. The summed E-state index contributed by atoms with van der Waals surface area (Å²) < 4.78 is 13.7. The van der Waals surface area contributed by atoms with Gasteiger partial charge in [0, 0.05) is 37.7 Å². The predicted molar refractivity (Wildman–Crippen MR) is 191 cm³/mol. The maximum atomic E-state index is 14.0. The Morgan fingerprint density at radius 3 is 2.04 bits per heavy atom. The number of hydrogen-bond donors (Lipinski definition) is 8. The summed E-state index contributed by atoms with van der Waals surface area (Å²) in [7, 11) is 0. The number of halogens is 1. The number of H-pyrrole nitrogens is 1. The first-order valence-corrected chi connectivity index (χ1v) is 16.8. The van der Waals surface area contributed by atoms with Crippen molar-refractivity contribution in [1.82, 2.24) is 36.6 Å². The molecular formula is C36H41FN10O5. The summed E-state index contributed by atoms with van der Waals surface area (Å²) >= 11 is 0. The molecule has 52 heavy (non-hydrogen) atoms. The van der Waals surface area contributed by atoms with Gasteiger partial charge in [-0.1, -0.05) is 54.6 Å². The first kappa shape index (κ1) is 36.9. The topological polar surface area (TPSA) is 239 Å². The van der Waals surface area contributed by atoms with Gasteiger partial charge in [0.2, 0.25) is 29.5 Å². The van der Waals surface area contributed by atoms with Crippen LogP contribution in [0.2, 0.25) is 0 Å². The molecule has 4 aromatic rings. The zero-order valence-electron chi connectivity index (χ0n) is 28.2. The summed E-state index contributed by atoms with van der Waals surface area (Å²) in [5.41, 5.74) is 12.7. The predicted octanol–water partition coefficient (Wildman–Crippen LogP) is -0.147. The highest BCUT2D eigenvalue weighted by Crippen LogP contribution is 2.17. The highest BCUT2D eigenvalue weighted by Gasteiger charge is 2.33. The Balaban J connectivity index is 1.47. The minimum absolute atomic E-state index is 0.0240. The number of imidazole rings is 1. The number of nitrogens with one attached hydrogen (secondary N) is 6. The van der Waals surface area contributed by atoms with Crippen LogP contribution < -0.4 is 38.1 Å². The number of aliphatic imine (C=N–C) groups is 1. The van der Waals surface area contributed by atoms with Crippen LogP contribution in [0.4, 0.5) is 4.39 Å². The van der Waals surface area contributed by atoms with Gasteiger partial charge in [0.05, 0.1) is 12.9 Å². The minimum atomic E-state index is -1.22. The van der Waals surface area contributed by atoms with Crippen molar-refractivity contribution in [3.63, 3.8) is 0 Å². The lowest BCUT2D eigenvalue weighted by Crippen LogP contribution is -2.58. The SMILES string of the molecule is NC(N)=NCCC[C@@H]1NC(=O)[C@@H](Cc2ccc(F)cc2)NC(=O)CNC(=O)[C@H](Cc2ccc3ccccc3c2)NC(=O)[C@H](Cc2cnc[nH]2)NC1=O. The van der Waals surface area contributed by atoms with E-state index in [1.807, 2.05) is 42.5 Å². The minimum Gasteiger partial charge on any atom is -0.370 e. The van der Waals surface area contributed by atoms with Crippen molar-refractivity contribution in [1.29, 1.82) is 0 Å². The molecule has 0 spiro atoms. The maximum absolute atomic E-state index is 14.0. The molecule has 4 atom stereocenters. The molecule has 1 aliphatic heterocycles. The Bertz CT molecular complexity index is 1910. The molecule has 10 N–H and O–H groups in total. The molecule has 1 aromatic heterocycles. The van der Waals surface area contributed by atoms with Crippen molar-refractivity contribution in [2.75, 3.05) is 13.1 Å². The second-order valence-electron chi connectivity index (χ2n) is 12.5. The fourth-order valence-corrected chi connectivity index (χ4v) is 5.83. The zero-order valence-corrected chi connectivity index (χ0v) is 28.2. The Morgan fingerprint density at radius 1 is 0.731 bits per heavy atom. The van der Waals surface area contributed by atoms with E-state index < -0.39 is 66.1 Å². The number of fused-ring (bicyclic) bond motifs is 1. The molecule has 0 saturated carbocycles. The van der Waals surface area contributed by atoms with Crippen molar-refractivity contribution in [3.8, 4) is 0 Å². The van der Waals surface area contributed by atoms with Crippen LogP contribution in [0.5, 0.6) is 0 Å². The largest absolute Gasteiger partial charge is 0.370 e. The van der Waals surface area contributed by atoms with Gasteiger partial charge < -0.3 is 43.0 Å². The van der Waals surface area contributed by atoms with Crippen LogP contribution in [0.3, 0.4) is 0 Å². The van der Waals surface area contributed by atoms with Gasteiger partial charge in [-0.25, -0.2) is 9.37 Å². The van der Waals surface area contributed by atoms with E-state index in [0.717, 1.165) is 16.3 Å². The fraction of sp³-hybridized carbons (Fsp3) is 0.306. The second kappa shape index (κ2) is 17.6. The Labute approximate surface area is 298 Å². The quantitative estimate of drug-likeness (QED) is 0.0624. The molecule has 5 amide bonds. The van der Waals surface area contributed by atoms with Crippen molar-refractivity contribution in [2.24, 2.45) is 16.5 Å². The Hall–Kier alpha value is -6.32. The Morgan fingerprint density at radius 2 is 1.35 bits per heavy atom. The van der Waals surface area contributed by atoms with E-state index in [1.165, 1.54) is 36.8 Å². The lowest BCUT2D eigenvalue weighted by molar-refractivity contribution is -0.134. The number of aromatic amines is 1. The number of nitrogens with zero attached hydrogens (tertiary/aromatic N) is 2. The van der Waals surface area contributed by atoms with Crippen LogP contribution in [-0.4, -0.2) is 82.7 Å². The number of carbonyl (C=O) groups excluding carboxylic acids is 5. The van der Waals surface area contributed by atoms with Gasteiger partial charge >= 0.3 is 0 Å². The second-order valence-corrected chi connectivity index (χ2v) is 12.5. The third-order valence-corrected chi connectivity index (χ3v) is 8.50. The number of amides is 5. The summed E-state index contributed by atoms with van der Waals surface area (Å²) in [4.78, 5) is 79.4. The number of aromatic nitrogens is 2. The zero-order chi connectivity index (χ0) is 37.0. The van der Waals surface area contributed by atoms with Gasteiger partial charge in [0.25, 0.3) is 0 Å². The average molecular weight is 713 g/mol. The third kappa shape index (κ3) is 10.6. The highest BCUT2D eigenvalue weighted by atomic mass is 19.1. The smallest absolute Gasteiger partial charge is 0.243 e. The van der Waals surface area contributed by atoms with Crippen LogP contribution in [0, 0.1) is 5.82 Å². The molecule has 16 heteroatoms. The van der Waals surface area contributed by atoms with Gasteiger partial charge in [0.15, 0.2) is 5.96 Å². The van der Waals surface area contributed by atoms with Crippen molar-refractivity contribution in [2.45, 2.75) is 56.3 Å². The lowest BCUT2D eigenvalue weighted by Gasteiger charge is -2.26. The molecule has 1 saturated heterocycles. The average Bonchev–Trinajstić information content (AvgIpc) is 3.64. The number of rotatable bonds is 10. The molecule has 272 valence electrons. The van der Waals surface area contributed by atoms with Gasteiger partial charge in [-0.15, -0.1) is 0 Å². The molecule has 0 bridgehead atoms. The van der Waals surface area contributed by atoms with Crippen LogP contribution in [-0.2, 0) is 43.2 Å². The van der Waals surface area contributed by atoms with Crippen LogP contribution in [0.1, 0.15) is 29.7 Å². The number of benzene rings is 3. The molecular weight excluding hydrogens is 671 g/mol. The van der Waals surface area contributed by atoms with Gasteiger partial charge in [-0.05, 0) is 46.9 Å². The molecule has 2 heterocycles. The molecule has 0 unspecified atom stereocenters. The molecule has 15 nitrogen and oxygen atoms in total. The van der Waals surface area contributed by atoms with Crippen LogP contribution in [0.15, 0.2) is 84.2 Å². The molecule has 1 fully saturated rings. The first-order chi connectivity index (χ1) is 25.0. The van der Waals surface area contributed by atoms with E-state index in [4.69, 9.17) is 11.5 Å². The van der Waals surface area contributed by atoms with Gasteiger partial charge in [-0.3, -0.25) is 29.0 Å². The molecule has 0 aliphatic carbocycles. The number of guanidine groups is 1. The third-order valence-electron chi connectivity index (χ3n) is 8.50. The monoisotopic (exact) mass is 712 g/mol. The van der Waals surface area contributed by atoms with Crippen molar-refractivity contribution >= 4 is 46.3 Å². The van der Waals surface area contributed by atoms with Crippen LogP contribution in [0.25, 0.3) is 10.8 Å². The summed E-state index contributed by atoms with van der Waals surface area (Å²) in [5.74, 6) is -4.08. The van der Waals surface area contributed by atoms with Gasteiger partial charge in [0.1, 0.15) is 30.0 Å². The molecule has 0 radical (unpaired) electrons. The number of nitrogens with two attached hydrogens (primary N) is 2. The molecule has 1 aliphatic rings. The fourth-order valence-electron chi connectivity index (χ4n) is 5.83. The van der Waals surface area contributed by atoms with E-state index >= 15 is 0 Å². The van der Waals surface area contributed by atoms with Crippen molar-refractivity contribution in [3.05, 3.63) is 102 Å². The maximum Gasteiger partial charge on any atom is 0.243 e. The van der Waals surface area contributed by atoms with E-state index in [1.54, 1.807) is 0 Å². The molecule has 3 aromatic carbocycles. The Kier molecular flexibility index (Phi) is 12.5. The summed E-state index contributed by atoms with van der Waals surface area (Å²) in [6, 6.07) is 14.0. The van der Waals surface area contributed by atoms with Gasteiger partial charge in [-0.2, -0.15) is 0 Å². The van der Waals surface area contributed by atoms with E-state index in [-0.39, 0.29) is 44.6 Å². The lowest BCUT2D eigenvalue weighted by atomic mass is 10.0. The van der Waals surface area contributed by atoms with E-state index in [0.29, 0.717) is 11.3 Å². The van der Waals surface area contributed by atoms with E-state index in [2.05, 4.69) is 41.5 Å². The normalized spacial score (nSPS) is 20.4. The summed E-state index contributed by atoms with van der Waals surface area (Å²) in [6.07, 6.45) is 3.25. The van der Waals surface area contributed by atoms with Crippen molar-refractivity contribution < 1.29 is 28.4 Å². The first-order valence-electron chi connectivity index (χ1n) is 16.8.